The molecule has 2 aromatic heterocycles. The molecule has 2 atom stereocenters. The number of aryl methyl sites for hydroxylation is 1. The third-order valence-corrected chi connectivity index (χ3v) is 6.94. The molecule has 3 N–H and O–H groups in total. The van der Waals surface area contributed by atoms with Crippen LogP contribution in [-0.4, -0.2) is 50.5 Å². The molecule has 184 valence electrons. The fourth-order valence-electron chi connectivity index (χ4n) is 5.36. The van der Waals surface area contributed by atoms with Gasteiger partial charge in [0.1, 0.15) is 5.65 Å². The lowest BCUT2D eigenvalue weighted by molar-refractivity contribution is -0.116. The minimum absolute atomic E-state index is 0.0751. The van der Waals surface area contributed by atoms with E-state index in [1.165, 1.54) is 5.56 Å². The molecule has 2 aliphatic heterocycles. The van der Waals surface area contributed by atoms with Crippen LogP contribution >= 0.6 is 0 Å². The summed E-state index contributed by atoms with van der Waals surface area (Å²) in [5, 5.41) is 10.9. The van der Waals surface area contributed by atoms with Crippen LogP contribution in [0.15, 0.2) is 60.9 Å². The van der Waals surface area contributed by atoms with Crippen molar-refractivity contribution < 1.29 is 4.79 Å². The highest BCUT2D eigenvalue weighted by Gasteiger charge is 2.21. The van der Waals surface area contributed by atoms with Crippen molar-refractivity contribution in [2.24, 2.45) is 0 Å². The molecule has 8 heteroatoms. The standard InChI is InChI=1S/C28H31N7O/c1-18-15-34(16-19(2)30-18)17-20-3-6-23(7-4-20)31-28-29-14-22-11-12-35(27(22)33-28)24-8-9-25-21(13-24)5-10-26(36)32-25/h3-4,6-9,11-14,18-19,30H,5,10,15-17H2,1-2H3,(H,32,36)(H,29,31,33). The van der Waals surface area contributed by atoms with E-state index >= 15 is 0 Å². The monoisotopic (exact) mass is 481 g/mol. The molecule has 1 fully saturated rings. The molecule has 1 saturated heterocycles. The molecule has 0 bridgehead atoms. The average Bonchev–Trinajstić information content (AvgIpc) is 3.28. The van der Waals surface area contributed by atoms with Gasteiger partial charge in [0.2, 0.25) is 11.9 Å². The third kappa shape index (κ3) is 4.69. The number of benzene rings is 2. The van der Waals surface area contributed by atoms with E-state index in [0.29, 0.717) is 24.5 Å². The molecule has 4 heterocycles. The zero-order chi connectivity index (χ0) is 24.6. The minimum Gasteiger partial charge on any atom is -0.326 e. The first-order chi connectivity index (χ1) is 17.5. The molecule has 0 radical (unpaired) electrons. The zero-order valence-electron chi connectivity index (χ0n) is 20.7. The Kier molecular flexibility index (Phi) is 5.91. The lowest BCUT2D eigenvalue weighted by atomic mass is 10.0. The number of nitrogens with one attached hydrogen (secondary N) is 3. The number of carbonyl (C=O) groups excluding carboxylic acids is 1. The Bertz CT molecular complexity index is 1400. The highest BCUT2D eigenvalue weighted by molar-refractivity contribution is 5.94. The molecule has 4 aromatic rings. The second-order valence-corrected chi connectivity index (χ2v) is 10.0. The molecule has 8 nitrogen and oxygen atoms in total. The zero-order valence-corrected chi connectivity index (χ0v) is 20.7. The summed E-state index contributed by atoms with van der Waals surface area (Å²) in [4.78, 5) is 23.5. The van der Waals surface area contributed by atoms with E-state index in [2.05, 4.69) is 74.6 Å². The van der Waals surface area contributed by atoms with Crippen LogP contribution < -0.4 is 16.0 Å². The molecule has 6 rings (SSSR count). The number of amides is 1. The second-order valence-electron chi connectivity index (χ2n) is 10.0. The summed E-state index contributed by atoms with van der Waals surface area (Å²) in [7, 11) is 0. The van der Waals surface area contributed by atoms with Crippen LogP contribution in [0.2, 0.25) is 0 Å². The van der Waals surface area contributed by atoms with Gasteiger partial charge in [-0.15, -0.1) is 0 Å². The van der Waals surface area contributed by atoms with Gasteiger partial charge in [0.25, 0.3) is 0 Å². The number of fused-ring (bicyclic) bond motifs is 2. The normalized spacial score (nSPS) is 20.2. The Hall–Kier alpha value is -3.75. The SMILES string of the molecule is CC1CN(Cc2ccc(Nc3ncc4ccn(-c5ccc6c(c5)CCC(=O)N6)c4n3)cc2)CC(C)N1. The Morgan fingerprint density at radius 3 is 2.64 bits per heavy atom. The van der Waals surface area contributed by atoms with Crippen LogP contribution in [0.3, 0.4) is 0 Å². The van der Waals surface area contributed by atoms with Gasteiger partial charge in [-0.2, -0.15) is 4.98 Å². The van der Waals surface area contributed by atoms with E-state index in [4.69, 9.17) is 4.98 Å². The van der Waals surface area contributed by atoms with Gasteiger partial charge >= 0.3 is 0 Å². The maximum absolute atomic E-state index is 11.7. The number of aromatic nitrogens is 3. The van der Waals surface area contributed by atoms with Crippen LogP contribution in [0, 0.1) is 0 Å². The Morgan fingerprint density at radius 1 is 1.03 bits per heavy atom. The predicted molar refractivity (Wildman–Crippen MR) is 143 cm³/mol. The number of carbonyl (C=O) groups is 1. The van der Waals surface area contributed by atoms with Crippen molar-refractivity contribution in [2.75, 3.05) is 23.7 Å². The summed E-state index contributed by atoms with van der Waals surface area (Å²) < 4.78 is 2.07. The van der Waals surface area contributed by atoms with Gasteiger partial charge in [-0.05, 0) is 67.8 Å². The van der Waals surface area contributed by atoms with E-state index in [0.717, 1.165) is 59.7 Å². The Labute approximate surface area is 210 Å². The molecule has 2 unspecified atom stereocenters. The quantitative estimate of drug-likeness (QED) is 0.396. The van der Waals surface area contributed by atoms with Gasteiger partial charge < -0.3 is 20.5 Å². The van der Waals surface area contributed by atoms with E-state index < -0.39 is 0 Å². The molecule has 2 aliphatic rings. The van der Waals surface area contributed by atoms with Crippen LogP contribution in [0.25, 0.3) is 16.7 Å². The van der Waals surface area contributed by atoms with Crippen molar-refractivity contribution in [1.82, 2.24) is 24.8 Å². The second kappa shape index (κ2) is 9.37. The molecule has 0 saturated carbocycles. The van der Waals surface area contributed by atoms with Crippen molar-refractivity contribution in [2.45, 2.75) is 45.3 Å². The van der Waals surface area contributed by atoms with E-state index in [1.807, 2.05) is 30.6 Å². The molecule has 36 heavy (non-hydrogen) atoms. The number of nitrogens with zero attached hydrogens (tertiary/aromatic N) is 4. The molecular weight excluding hydrogens is 450 g/mol. The predicted octanol–water partition coefficient (Wildman–Crippen LogP) is 4.23. The lowest BCUT2D eigenvalue weighted by Crippen LogP contribution is -2.53. The maximum atomic E-state index is 11.7. The fourth-order valence-corrected chi connectivity index (χ4v) is 5.36. The Morgan fingerprint density at radius 2 is 1.83 bits per heavy atom. The van der Waals surface area contributed by atoms with Crippen LogP contribution in [0.4, 0.5) is 17.3 Å². The number of hydrogen-bond acceptors (Lipinski definition) is 6. The van der Waals surface area contributed by atoms with Crippen LogP contribution in [-0.2, 0) is 17.8 Å². The van der Waals surface area contributed by atoms with Crippen LogP contribution in [0.1, 0.15) is 31.4 Å². The summed E-state index contributed by atoms with van der Waals surface area (Å²) in [5.41, 5.74) is 6.16. The summed E-state index contributed by atoms with van der Waals surface area (Å²) in [6.45, 7) is 7.58. The smallest absolute Gasteiger partial charge is 0.229 e. The van der Waals surface area contributed by atoms with E-state index in [9.17, 15) is 4.79 Å². The first-order valence-corrected chi connectivity index (χ1v) is 12.6. The molecular formula is C28H31N7O. The first-order valence-electron chi connectivity index (χ1n) is 12.6. The number of hydrogen-bond donors (Lipinski definition) is 3. The minimum atomic E-state index is 0.0751. The first kappa shape index (κ1) is 22.7. The maximum Gasteiger partial charge on any atom is 0.229 e. The summed E-state index contributed by atoms with van der Waals surface area (Å²) in [6.07, 6.45) is 5.13. The van der Waals surface area contributed by atoms with Crippen molar-refractivity contribution in [3.8, 4) is 5.69 Å². The number of piperazine rings is 1. The third-order valence-electron chi connectivity index (χ3n) is 6.94. The Balaban J connectivity index is 1.19. The van der Waals surface area contributed by atoms with Gasteiger partial charge in [0.05, 0.1) is 0 Å². The fraction of sp³-hybridized carbons (Fsp3) is 0.321. The van der Waals surface area contributed by atoms with Crippen molar-refractivity contribution in [3.63, 3.8) is 0 Å². The van der Waals surface area contributed by atoms with Gasteiger partial charge in [0.15, 0.2) is 0 Å². The molecule has 0 aliphatic carbocycles. The van der Waals surface area contributed by atoms with E-state index in [1.54, 1.807) is 0 Å². The number of rotatable bonds is 5. The number of anilines is 3. The molecule has 0 spiro atoms. The van der Waals surface area contributed by atoms with Crippen molar-refractivity contribution in [1.29, 1.82) is 0 Å². The lowest BCUT2D eigenvalue weighted by Gasteiger charge is -2.36. The van der Waals surface area contributed by atoms with Gasteiger partial charge in [-0.3, -0.25) is 9.69 Å². The van der Waals surface area contributed by atoms with Crippen molar-refractivity contribution in [3.05, 3.63) is 72.1 Å². The van der Waals surface area contributed by atoms with Crippen molar-refractivity contribution >= 4 is 34.3 Å². The summed E-state index contributed by atoms with van der Waals surface area (Å²) >= 11 is 0. The van der Waals surface area contributed by atoms with Gasteiger partial charge in [-0.25, -0.2) is 4.98 Å². The molecule has 2 aromatic carbocycles. The van der Waals surface area contributed by atoms with E-state index in [-0.39, 0.29) is 5.91 Å². The average molecular weight is 482 g/mol. The van der Waals surface area contributed by atoms with Gasteiger partial charge in [-0.1, -0.05) is 12.1 Å². The highest BCUT2D eigenvalue weighted by atomic mass is 16.1. The molecule has 1 amide bonds. The topological polar surface area (TPSA) is 87.1 Å². The summed E-state index contributed by atoms with van der Waals surface area (Å²) in [6, 6.07) is 17.7. The van der Waals surface area contributed by atoms with Crippen LogP contribution in [0.5, 0.6) is 0 Å². The summed E-state index contributed by atoms with van der Waals surface area (Å²) in [5.74, 6) is 0.635. The van der Waals surface area contributed by atoms with Gasteiger partial charge in [0, 0.05) is 73.0 Å². The largest absolute Gasteiger partial charge is 0.326 e. The highest BCUT2D eigenvalue weighted by Crippen LogP contribution is 2.27.